The van der Waals surface area contributed by atoms with Crippen molar-refractivity contribution in [2.45, 2.75) is 45.6 Å². The van der Waals surface area contributed by atoms with Crippen LogP contribution in [-0.4, -0.2) is 35.8 Å². The molecule has 1 unspecified atom stereocenters. The number of hydrogen-bond donors (Lipinski definition) is 1. The third kappa shape index (κ3) is 3.63. The first-order valence-corrected chi connectivity index (χ1v) is 7.85. The Morgan fingerprint density at radius 2 is 2.00 bits per heavy atom. The molecule has 0 radical (unpaired) electrons. The van der Waals surface area contributed by atoms with Crippen LogP contribution >= 0.6 is 0 Å². The van der Waals surface area contributed by atoms with Crippen LogP contribution in [0.3, 0.4) is 0 Å². The smallest absolute Gasteiger partial charge is 0.254 e. The number of nitrogens with one attached hydrogen (secondary N) is 1. The van der Waals surface area contributed by atoms with Gasteiger partial charge in [-0.25, -0.2) is 0 Å². The Bertz CT molecular complexity index is 496. The molecule has 0 aromatic heterocycles. The van der Waals surface area contributed by atoms with Crippen molar-refractivity contribution in [3.63, 3.8) is 0 Å². The summed E-state index contributed by atoms with van der Waals surface area (Å²) in [5.74, 6) is -0.0876. The van der Waals surface area contributed by atoms with Crippen molar-refractivity contribution in [1.82, 2.24) is 10.2 Å². The molecule has 1 heterocycles. The van der Waals surface area contributed by atoms with Crippen LogP contribution in [-0.2, 0) is 11.2 Å². The summed E-state index contributed by atoms with van der Waals surface area (Å²) in [6, 6.07) is 7.46. The van der Waals surface area contributed by atoms with Gasteiger partial charge in [0.15, 0.2) is 0 Å². The maximum atomic E-state index is 12.6. The zero-order valence-electron chi connectivity index (χ0n) is 12.9. The van der Waals surface area contributed by atoms with E-state index >= 15 is 0 Å². The molecule has 1 aromatic rings. The highest BCUT2D eigenvalue weighted by Crippen LogP contribution is 2.15. The second-order valence-electron chi connectivity index (χ2n) is 5.51. The third-order valence-electron chi connectivity index (χ3n) is 4.00. The number of amides is 2. The number of aryl methyl sites for hydroxylation is 1. The Kier molecular flexibility index (Phi) is 5.37. The van der Waals surface area contributed by atoms with E-state index in [0.717, 1.165) is 12.8 Å². The summed E-state index contributed by atoms with van der Waals surface area (Å²) >= 11 is 0. The first kappa shape index (κ1) is 15.5. The van der Waals surface area contributed by atoms with Crippen molar-refractivity contribution in [1.29, 1.82) is 0 Å². The predicted octanol–water partition coefficient (Wildman–Crippen LogP) is 2.38. The van der Waals surface area contributed by atoms with E-state index in [1.165, 1.54) is 12.0 Å². The minimum atomic E-state index is -0.342. The fourth-order valence-electron chi connectivity index (χ4n) is 2.72. The van der Waals surface area contributed by atoms with Gasteiger partial charge in [-0.15, -0.1) is 0 Å². The number of nitrogens with zero attached hydrogens (tertiary/aromatic N) is 1. The molecule has 1 saturated heterocycles. The second kappa shape index (κ2) is 7.25. The molecule has 1 aliphatic rings. The molecule has 114 valence electrons. The fraction of sp³-hybridized carbons (Fsp3) is 0.529. The second-order valence-corrected chi connectivity index (χ2v) is 5.51. The van der Waals surface area contributed by atoms with Crippen molar-refractivity contribution in [2.75, 3.05) is 13.1 Å². The van der Waals surface area contributed by atoms with Gasteiger partial charge in [0.1, 0.15) is 6.04 Å². The molecule has 0 bridgehead atoms. The number of piperazine rings is 1. The van der Waals surface area contributed by atoms with Crippen LogP contribution in [0.2, 0.25) is 0 Å². The van der Waals surface area contributed by atoms with Crippen molar-refractivity contribution in [3.8, 4) is 0 Å². The Balaban J connectivity index is 2.09. The minimum Gasteiger partial charge on any atom is -0.353 e. The average molecular weight is 288 g/mol. The van der Waals surface area contributed by atoms with Crippen LogP contribution in [0.4, 0.5) is 0 Å². The van der Waals surface area contributed by atoms with Gasteiger partial charge in [0.25, 0.3) is 5.91 Å². The van der Waals surface area contributed by atoms with Gasteiger partial charge in [-0.3, -0.25) is 9.59 Å². The molecular formula is C17H24N2O2. The van der Waals surface area contributed by atoms with Crippen LogP contribution in [0.25, 0.3) is 0 Å². The van der Waals surface area contributed by atoms with E-state index in [2.05, 4.69) is 12.2 Å². The van der Waals surface area contributed by atoms with Gasteiger partial charge >= 0.3 is 0 Å². The van der Waals surface area contributed by atoms with Crippen molar-refractivity contribution < 1.29 is 9.59 Å². The summed E-state index contributed by atoms with van der Waals surface area (Å²) in [6.07, 6.45) is 4.03. The predicted molar refractivity (Wildman–Crippen MR) is 83.2 cm³/mol. The van der Waals surface area contributed by atoms with Crippen LogP contribution in [0, 0.1) is 0 Å². The Labute approximate surface area is 126 Å². The van der Waals surface area contributed by atoms with Crippen LogP contribution in [0.15, 0.2) is 24.3 Å². The molecule has 1 atom stereocenters. The van der Waals surface area contributed by atoms with Crippen molar-refractivity contribution in [2.24, 2.45) is 0 Å². The summed E-state index contributed by atoms with van der Waals surface area (Å²) in [5, 5.41) is 2.82. The quantitative estimate of drug-likeness (QED) is 0.904. The maximum absolute atomic E-state index is 12.6. The van der Waals surface area contributed by atoms with E-state index in [9.17, 15) is 9.59 Å². The van der Waals surface area contributed by atoms with Gasteiger partial charge in [0.05, 0.1) is 0 Å². The van der Waals surface area contributed by atoms with Gasteiger partial charge in [0, 0.05) is 18.7 Å². The monoisotopic (exact) mass is 288 g/mol. The molecule has 2 amide bonds. The van der Waals surface area contributed by atoms with Gasteiger partial charge in [0.2, 0.25) is 5.91 Å². The summed E-state index contributed by atoms with van der Waals surface area (Å²) in [6.45, 7) is 5.23. The SMILES string of the molecule is CCCCc1ccc(C(=O)N2CCNC(=O)C2CC)cc1. The lowest BCUT2D eigenvalue weighted by molar-refractivity contribution is -0.127. The van der Waals surface area contributed by atoms with E-state index < -0.39 is 0 Å². The lowest BCUT2D eigenvalue weighted by Gasteiger charge is -2.34. The molecule has 0 aliphatic carbocycles. The van der Waals surface area contributed by atoms with Crippen molar-refractivity contribution in [3.05, 3.63) is 35.4 Å². The van der Waals surface area contributed by atoms with Gasteiger partial charge in [-0.2, -0.15) is 0 Å². The molecule has 2 rings (SSSR count). The number of benzene rings is 1. The fourth-order valence-corrected chi connectivity index (χ4v) is 2.72. The Morgan fingerprint density at radius 1 is 1.29 bits per heavy atom. The number of unbranched alkanes of at least 4 members (excludes halogenated alkanes) is 1. The van der Waals surface area contributed by atoms with Crippen LogP contribution in [0.5, 0.6) is 0 Å². The Hall–Kier alpha value is -1.84. The topological polar surface area (TPSA) is 49.4 Å². The molecular weight excluding hydrogens is 264 g/mol. The van der Waals surface area contributed by atoms with E-state index in [4.69, 9.17) is 0 Å². The molecule has 1 N–H and O–H groups in total. The first-order valence-electron chi connectivity index (χ1n) is 7.85. The molecule has 1 aliphatic heterocycles. The molecule has 4 nitrogen and oxygen atoms in total. The molecule has 1 aromatic carbocycles. The third-order valence-corrected chi connectivity index (χ3v) is 4.00. The standard InChI is InChI=1S/C17H24N2O2/c1-3-5-6-13-7-9-14(10-8-13)17(21)19-12-11-18-16(20)15(19)4-2/h7-10,15H,3-6,11-12H2,1-2H3,(H,18,20). The summed E-state index contributed by atoms with van der Waals surface area (Å²) in [7, 11) is 0. The van der Waals surface area contributed by atoms with E-state index in [0.29, 0.717) is 25.1 Å². The highest BCUT2D eigenvalue weighted by molar-refractivity contribution is 5.98. The number of carbonyl (C=O) groups is 2. The number of hydrogen-bond acceptors (Lipinski definition) is 2. The van der Waals surface area contributed by atoms with E-state index in [1.807, 2.05) is 31.2 Å². The average Bonchev–Trinajstić information content (AvgIpc) is 2.52. The lowest BCUT2D eigenvalue weighted by Crippen LogP contribution is -2.56. The Morgan fingerprint density at radius 3 is 2.62 bits per heavy atom. The minimum absolute atomic E-state index is 0.0428. The zero-order valence-corrected chi connectivity index (χ0v) is 12.9. The van der Waals surface area contributed by atoms with Crippen molar-refractivity contribution >= 4 is 11.8 Å². The normalized spacial score (nSPS) is 18.5. The molecule has 21 heavy (non-hydrogen) atoms. The van der Waals surface area contributed by atoms with Gasteiger partial charge < -0.3 is 10.2 Å². The summed E-state index contributed by atoms with van der Waals surface area (Å²) < 4.78 is 0. The number of carbonyl (C=O) groups excluding carboxylic acids is 2. The molecule has 1 fully saturated rings. The van der Waals surface area contributed by atoms with Gasteiger partial charge in [-0.05, 0) is 37.0 Å². The molecule has 0 saturated carbocycles. The molecule has 4 heteroatoms. The lowest BCUT2D eigenvalue weighted by atomic mass is 10.0. The summed E-state index contributed by atoms with van der Waals surface area (Å²) in [4.78, 5) is 26.1. The first-order chi connectivity index (χ1) is 10.2. The van der Waals surface area contributed by atoms with E-state index in [1.54, 1.807) is 4.90 Å². The largest absolute Gasteiger partial charge is 0.353 e. The van der Waals surface area contributed by atoms with E-state index in [-0.39, 0.29) is 17.9 Å². The van der Waals surface area contributed by atoms with Crippen LogP contribution in [0.1, 0.15) is 49.0 Å². The maximum Gasteiger partial charge on any atom is 0.254 e. The van der Waals surface area contributed by atoms with Gasteiger partial charge in [-0.1, -0.05) is 32.4 Å². The molecule has 0 spiro atoms. The highest BCUT2D eigenvalue weighted by Gasteiger charge is 2.31. The zero-order chi connectivity index (χ0) is 15.2. The number of rotatable bonds is 5. The summed E-state index contributed by atoms with van der Waals surface area (Å²) in [5.41, 5.74) is 1.93. The highest BCUT2D eigenvalue weighted by atomic mass is 16.2. The van der Waals surface area contributed by atoms with Crippen LogP contribution < -0.4 is 5.32 Å².